The molecule has 20 heavy (non-hydrogen) atoms. The smallest absolute Gasteiger partial charge is 0.322 e. The zero-order valence-electron chi connectivity index (χ0n) is 11.1. The molecule has 2 N–H and O–H groups in total. The molecule has 6 heteroatoms. The molecule has 0 bridgehead atoms. The molecule has 5 nitrogen and oxygen atoms in total. The average Bonchev–Trinajstić information content (AvgIpc) is 2.85. The molecule has 1 unspecified atom stereocenters. The van der Waals surface area contributed by atoms with Gasteiger partial charge in [-0.3, -0.25) is 14.5 Å². The van der Waals surface area contributed by atoms with Crippen LogP contribution >= 0.6 is 12.4 Å². The summed E-state index contributed by atoms with van der Waals surface area (Å²) in [6.07, 6.45) is 2.10. The van der Waals surface area contributed by atoms with Crippen molar-refractivity contribution >= 4 is 24.3 Å². The van der Waals surface area contributed by atoms with Crippen LogP contribution in [-0.4, -0.2) is 41.5 Å². The van der Waals surface area contributed by atoms with E-state index in [0.29, 0.717) is 0 Å². The first-order chi connectivity index (χ1) is 9.16. The molecule has 2 rings (SSSR count). The minimum Gasteiger partial charge on any atom is -0.480 e. The molecule has 110 valence electrons. The average molecular weight is 299 g/mol. The van der Waals surface area contributed by atoms with E-state index in [2.05, 4.69) is 22.3 Å². The Morgan fingerprint density at radius 2 is 2.00 bits per heavy atom. The lowest BCUT2D eigenvalue weighted by molar-refractivity contribution is -0.138. The molecule has 0 radical (unpaired) electrons. The predicted molar refractivity (Wildman–Crippen MR) is 77.9 cm³/mol. The van der Waals surface area contributed by atoms with Crippen LogP contribution in [0.3, 0.4) is 0 Å². The minimum atomic E-state index is -1.02. The Labute approximate surface area is 124 Å². The summed E-state index contributed by atoms with van der Waals surface area (Å²) in [4.78, 5) is 24.2. The maximum absolute atomic E-state index is 11.7. The van der Waals surface area contributed by atoms with Crippen molar-refractivity contribution in [2.45, 2.75) is 18.9 Å². The predicted octanol–water partition coefficient (Wildman–Crippen LogP) is 1.45. The molecule has 1 aromatic carbocycles. The van der Waals surface area contributed by atoms with Gasteiger partial charge >= 0.3 is 5.97 Å². The van der Waals surface area contributed by atoms with E-state index in [-0.39, 0.29) is 37.4 Å². The summed E-state index contributed by atoms with van der Waals surface area (Å²) in [5.74, 6) is -1.25. The van der Waals surface area contributed by atoms with Crippen molar-refractivity contribution in [3.05, 3.63) is 35.9 Å². The number of rotatable bonds is 5. The van der Waals surface area contributed by atoms with Gasteiger partial charge in [0.15, 0.2) is 0 Å². The fourth-order valence-corrected chi connectivity index (χ4v) is 2.48. The molecular formula is C14H19ClN2O3. The van der Waals surface area contributed by atoms with Gasteiger partial charge in [0.05, 0.1) is 6.54 Å². The second-order valence-electron chi connectivity index (χ2n) is 4.71. The Bertz CT molecular complexity index is 453. The van der Waals surface area contributed by atoms with E-state index in [1.165, 1.54) is 5.56 Å². The van der Waals surface area contributed by atoms with Crippen LogP contribution in [0.1, 0.15) is 24.4 Å². The fourth-order valence-electron chi connectivity index (χ4n) is 2.48. The van der Waals surface area contributed by atoms with Crippen LogP contribution in [0.25, 0.3) is 0 Å². The van der Waals surface area contributed by atoms with Crippen molar-refractivity contribution in [1.29, 1.82) is 0 Å². The van der Waals surface area contributed by atoms with Crippen LogP contribution in [0.5, 0.6) is 0 Å². The van der Waals surface area contributed by atoms with E-state index in [0.717, 1.165) is 19.4 Å². The van der Waals surface area contributed by atoms with E-state index in [1.54, 1.807) is 0 Å². The van der Waals surface area contributed by atoms with E-state index >= 15 is 0 Å². The molecule has 0 saturated carbocycles. The number of hydrogen-bond acceptors (Lipinski definition) is 3. The van der Waals surface area contributed by atoms with Crippen LogP contribution in [0.4, 0.5) is 0 Å². The molecule has 1 amide bonds. The van der Waals surface area contributed by atoms with Gasteiger partial charge in [0.1, 0.15) is 6.54 Å². The zero-order chi connectivity index (χ0) is 13.7. The van der Waals surface area contributed by atoms with Gasteiger partial charge in [-0.1, -0.05) is 30.3 Å². The van der Waals surface area contributed by atoms with Crippen molar-refractivity contribution in [1.82, 2.24) is 10.2 Å². The molecule has 1 aliphatic heterocycles. The second kappa shape index (κ2) is 7.87. The summed E-state index contributed by atoms with van der Waals surface area (Å²) in [6.45, 7) is 0.815. The number of carboxylic acids is 1. The van der Waals surface area contributed by atoms with Crippen LogP contribution in [0.15, 0.2) is 30.3 Å². The highest BCUT2D eigenvalue weighted by atomic mass is 35.5. The first-order valence-corrected chi connectivity index (χ1v) is 6.44. The molecule has 0 aliphatic carbocycles. The maximum Gasteiger partial charge on any atom is 0.322 e. The number of halogens is 1. The number of nitrogens with one attached hydrogen (secondary N) is 1. The Hall–Kier alpha value is -1.59. The molecular weight excluding hydrogens is 280 g/mol. The van der Waals surface area contributed by atoms with E-state index in [9.17, 15) is 9.59 Å². The number of aliphatic carboxylic acids is 1. The number of hydrogen-bond donors (Lipinski definition) is 2. The quantitative estimate of drug-likeness (QED) is 0.863. The number of benzene rings is 1. The summed E-state index contributed by atoms with van der Waals surface area (Å²) in [5, 5.41) is 10.9. The van der Waals surface area contributed by atoms with E-state index in [1.807, 2.05) is 18.2 Å². The largest absolute Gasteiger partial charge is 0.480 e. The van der Waals surface area contributed by atoms with Crippen molar-refractivity contribution in [2.75, 3.05) is 19.6 Å². The van der Waals surface area contributed by atoms with Gasteiger partial charge in [0.2, 0.25) is 5.91 Å². The van der Waals surface area contributed by atoms with E-state index in [4.69, 9.17) is 5.11 Å². The SMILES string of the molecule is Cl.O=C(O)CNC(=O)CN1CCCC1c1ccccc1. The molecule has 0 aromatic heterocycles. The van der Waals surface area contributed by atoms with Crippen LogP contribution in [0, 0.1) is 0 Å². The highest BCUT2D eigenvalue weighted by Crippen LogP contribution is 2.31. The highest BCUT2D eigenvalue weighted by Gasteiger charge is 2.27. The fraction of sp³-hybridized carbons (Fsp3) is 0.429. The number of likely N-dealkylation sites (tertiary alicyclic amines) is 1. The maximum atomic E-state index is 11.7. The topological polar surface area (TPSA) is 69.6 Å². The molecule has 1 aromatic rings. The molecule has 1 heterocycles. The third-order valence-electron chi connectivity index (χ3n) is 3.33. The Balaban J connectivity index is 0.00000200. The van der Waals surface area contributed by atoms with Gasteiger partial charge in [-0.05, 0) is 24.9 Å². The first kappa shape index (κ1) is 16.5. The summed E-state index contributed by atoms with van der Waals surface area (Å²) < 4.78 is 0. The lowest BCUT2D eigenvalue weighted by Gasteiger charge is -2.24. The van der Waals surface area contributed by atoms with Crippen molar-refractivity contribution in [2.24, 2.45) is 0 Å². The molecule has 0 spiro atoms. The standard InChI is InChI=1S/C14H18N2O3.ClH/c17-13(15-9-14(18)19)10-16-8-4-7-12(16)11-5-2-1-3-6-11;/h1-3,5-6,12H,4,7-10H2,(H,15,17)(H,18,19);1H. The first-order valence-electron chi connectivity index (χ1n) is 6.44. The Morgan fingerprint density at radius 1 is 1.30 bits per heavy atom. The second-order valence-corrected chi connectivity index (χ2v) is 4.71. The summed E-state index contributed by atoms with van der Waals surface area (Å²) in [7, 11) is 0. The molecule has 1 atom stereocenters. The normalized spacial score (nSPS) is 18.3. The van der Waals surface area contributed by atoms with Crippen molar-refractivity contribution in [3.8, 4) is 0 Å². The van der Waals surface area contributed by atoms with Crippen molar-refractivity contribution < 1.29 is 14.7 Å². The van der Waals surface area contributed by atoms with Crippen molar-refractivity contribution in [3.63, 3.8) is 0 Å². The molecule has 1 aliphatic rings. The number of carbonyl (C=O) groups is 2. The number of carboxylic acid groups (broad SMARTS) is 1. The minimum absolute atomic E-state index is 0. The van der Waals surface area contributed by atoms with Gasteiger partial charge in [-0.2, -0.15) is 0 Å². The van der Waals surface area contributed by atoms with Gasteiger partial charge in [0.25, 0.3) is 0 Å². The highest BCUT2D eigenvalue weighted by molar-refractivity contribution is 5.85. The number of carbonyl (C=O) groups excluding carboxylic acids is 1. The summed E-state index contributed by atoms with van der Waals surface area (Å²) >= 11 is 0. The lowest BCUT2D eigenvalue weighted by Crippen LogP contribution is -2.39. The molecule has 1 saturated heterocycles. The monoisotopic (exact) mass is 298 g/mol. The van der Waals surface area contributed by atoms with E-state index < -0.39 is 5.97 Å². The summed E-state index contributed by atoms with van der Waals surface area (Å²) in [5.41, 5.74) is 1.21. The lowest BCUT2D eigenvalue weighted by atomic mass is 10.0. The number of nitrogens with zero attached hydrogens (tertiary/aromatic N) is 1. The van der Waals surface area contributed by atoms with Crippen LogP contribution in [0.2, 0.25) is 0 Å². The Kier molecular flexibility index (Phi) is 6.48. The van der Waals surface area contributed by atoms with Gasteiger partial charge in [-0.15, -0.1) is 12.4 Å². The summed E-state index contributed by atoms with van der Waals surface area (Å²) in [6, 6.07) is 10.4. The zero-order valence-corrected chi connectivity index (χ0v) is 11.9. The third kappa shape index (κ3) is 4.51. The van der Waals surface area contributed by atoms with Gasteiger partial charge < -0.3 is 10.4 Å². The van der Waals surface area contributed by atoms with Crippen LogP contribution in [-0.2, 0) is 9.59 Å². The van der Waals surface area contributed by atoms with Gasteiger partial charge in [0, 0.05) is 6.04 Å². The molecule has 1 fully saturated rings. The third-order valence-corrected chi connectivity index (χ3v) is 3.33. The van der Waals surface area contributed by atoms with Crippen LogP contribution < -0.4 is 5.32 Å². The number of amides is 1. The van der Waals surface area contributed by atoms with Gasteiger partial charge in [-0.25, -0.2) is 0 Å². The Morgan fingerprint density at radius 3 is 2.65 bits per heavy atom.